The van der Waals surface area contributed by atoms with Gasteiger partial charge in [0, 0.05) is 5.75 Å². The van der Waals surface area contributed by atoms with Gasteiger partial charge in [0.25, 0.3) is 0 Å². The molecule has 0 aromatic heterocycles. The van der Waals surface area contributed by atoms with E-state index in [4.69, 9.17) is 0 Å². The van der Waals surface area contributed by atoms with E-state index in [2.05, 4.69) is 12.1 Å². The molecular weight excluding hydrogens is 92.1 g/mol. The van der Waals surface area contributed by atoms with E-state index in [-0.39, 0.29) is 0 Å². The molecular formula is C5H10S. The normalized spacial score (nSPS) is 7.00. The first-order chi connectivity index (χ1) is 2.91. The summed E-state index contributed by atoms with van der Waals surface area (Å²) < 4.78 is 0. The molecule has 0 N–H and O–H groups in total. The summed E-state index contributed by atoms with van der Waals surface area (Å²) in [5.74, 6) is 1.22. The highest BCUT2D eigenvalue weighted by atomic mass is 32.1. The van der Waals surface area contributed by atoms with Gasteiger partial charge in [-0.1, -0.05) is 12.1 Å². The summed E-state index contributed by atoms with van der Waals surface area (Å²) in [6.07, 6.45) is 1.26. The lowest BCUT2D eigenvalue weighted by Crippen LogP contribution is -1.59. The number of hydrogen-bond donors (Lipinski definition) is 0. The summed E-state index contributed by atoms with van der Waals surface area (Å²) in [6.45, 7) is 4.12. The number of rotatable bonds is 1. The molecule has 0 saturated heterocycles. The molecule has 0 fully saturated rings. The van der Waals surface area contributed by atoms with E-state index in [0.717, 1.165) is 0 Å². The van der Waals surface area contributed by atoms with Crippen molar-refractivity contribution in [1.29, 1.82) is 0 Å². The second kappa shape index (κ2) is 5.00. The lowest BCUT2D eigenvalue weighted by Gasteiger charge is -1.71. The molecule has 0 spiro atoms. The van der Waals surface area contributed by atoms with Crippen LogP contribution in [0, 0.1) is 5.18 Å². The fourth-order valence-corrected chi connectivity index (χ4v) is 0.612. The van der Waals surface area contributed by atoms with Crippen molar-refractivity contribution in [3.05, 3.63) is 0 Å². The molecule has 0 nitrogen and oxygen atoms in total. The highest BCUT2D eigenvalue weighted by Gasteiger charge is 1.63. The molecule has 0 aliphatic heterocycles. The Kier molecular flexibility index (Phi) is 5.00. The fourth-order valence-electron chi connectivity index (χ4n) is 0.204. The maximum Gasteiger partial charge on any atom is 0.0175 e. The Bertz CT molecular complexity index is 65.7. The van der Waals surface area contributed by atoms with Crippen molar-refractivity contribution in [2.45, 2.75) is 20.3 Å². The molecule has 0 saturated carbocycles. The summed E-state index contributed by atoms with van der Waals surface area (Å²) in [5.41, 5.74) is 0. The monoisotopic (exact) mass is 102 g/mol. The summed E-state index contributed by atoms with van der Waals surface area (Å²) in [5, 5.41) is 2.99. The molecule has 0 atom stereocenters. The molecule has 0 aliphatic rings. The van der Waals surface area contributed by atoms with Crippen LogP contribution in [0.4, 0.5) is 0 Å². The topological polar surface area (TPSA) is 0 Å². The van der Waals surface area contributed by atoms with Crippen LogP contribution in [0.5, 0.6) is 0 Å². The van der Waals surface area contributed by atoms with Crippen LogP contribution >= 0.6 is 11.2 Å². The smallest absolute Gasteiger partial charge is 0.0175 e. The van der Waals surface area contributed by atoms with E-state index in [1.807, 2.05) is 6.92 Å². The molecule has 0 radical (unpaired) electrons. The Labute approximate surface area is 43.2 Å². The van der Waals surface area contributed by atoms with Gasteiger partial charge in [-0.3, -0.25) is 0 Å². The minimum Gasteiger partial charge on any atom is -0.135 e. The molecule has 36 valence electrons. The third kappa shape index (κ3) is 4.00. The predicted molar refractivity (Wildman–Crippen MR) is 32.3 cm³/mol. The van der Waals surface area contributed by atoms with E-state index in [1.165, 1.54) is 12.2 Å². The minimum absolute atomic E-state index is 1.22. The van der Waals surface area contributed by atoms with Crippen LogP contribution in [0.2, 0.25) is 0 Å². The van der Waals surface area contributed by atoms with E-state index < -0.39 is 0 Å². The van der Waals surface area contributed by atoms with Gasteiger partial charge in [0.05, 0.1) is 0 Å². The second-order valence-electron chi connectivity index (χ2n) is 1.05. The van der Waals surface area contributed by atoms with Crippen LogP contribution in [0.1, 0.15) is 20.3 Å². The lowest BCUT2D eigenvalue weighted by molar-refractivity contribution is 1.11. The molecule has 0 aromatic carbocycles. The molecule has 0 aromatic rings. The van der Waals surface area contributed by atoms with E-state index in [1.54, 1.807) is 11.2 Å². The van der Waals surface area contributed by atoms with Gasteiger partial charge in [-0.05, 0) is 13.3 Å². The highest BCUT2D eigenvalue weighted by Crippen LogP contribution is 1.83. The second-order valence-corrected chi connectivity index (χ2v) is 2.16. The minimum atomic E-state index is 1.22. The quantitative estimate of drug-likeness (QED) is 0.475. The zero-order valence-electron chi connectivity index (χ0n) is 4.32. The maximum atomic E-state index is 2.99. The Morgan fingerprint density at radius 1 is 1.67 bits per heavy atom. The van der Waals surface area contributed by atoms with Crippen molar-refractivity contribution < 1.29 is 0 Å². The number of hydrogen-bond acceptors (Lipinski definition) is 0. The lowest BCUT2D eigenvalue weighted by atomic mass is 10.6. The van der Waals surface area contributed by atoms with Gasteiger partial charge < -0.3 is 0 Å². The Balaban J connectivity index is 2.79. The third-order valence-corrected chi connectivity index (χ3v) is 1.35. The van der Waals surface area contributed by atoms with Gasteiger partial charge >= 0.3 is 0 Å². The Hall–Kier alpha value is 0. The molecule has 0 heterocycles. The van der Waals surface area contributed by atoms with Crippen LogP contribution in [0.15, 0.2) is 0 Å². The van der Waals surface area contributed by atoms with Crippen LogP contribution in [-0.4, -0.2) is 5.75 Å². The Morgan fingerprint density at radius 3 is 2.50 bits per heavy atom. The third-order valence-electron chi connectivity index (χ3n) is 0.451. The highest BCUT2D eigenvalue weighted by molar-refractivity contribution is 7.88. The molecule has 0 amide bonds. The zero-order chi connectivity index (χ0) is 4.83. The first-order valence-electron chi connectivity index (χ1n) is 2.20. The van der Waals surface area contributed by atoms with Crippen molar-refractivity contribution in [2.24, 2.45) is 0 Å². The first-order valence-corrected chi connectivity index (χ1v) is 3.19. The van der Waals surface area contributed by atoms with E-state index >= 15 is 0 Å². The van der Waals surface area contributed by atoms with E-state index in [9.17, 15) is 0 Å². The van der Waals surface area contributed by atoms with Gasteiger partial charge in [-0.2, -0.15) is 0 Å². The van der Waals surface area contributed by atoms with Crippen LogP contribution in [0.25, 0.3) is 0 Å². The van der Waals surface area contributed by atoms with Crippen molar-refractivity contribution >= 4 is 11.2 Å². The largest absolute Gasteiger partial charge is 0.135 e. The SMILES string of the molecule is CC#SCCC. The Morgan fingerprint density at radius 2 is 2.33 bits per heavy atom. The van der Waals surface area contributed by atoms with Crippen molar-refractivity contribution in [3.63, 3.8) is 0 Å². The first kappa shape index (κ1) is 6.00. The van der Waals surface area contributed by atoms with Crippen LogP contribution in [0.3, 0.4) is 0 Å². The van der Waals surface area contributed by atoms with Crippen molar-refractivity contribution in [2.75, 3.05) is 5.75 Å². The van der Waals surface area contributed by atoms with Gasteiger partial charge in [0.1, 0.15) is 0 Å². The predicted octanol–water partition coefficient (Wildman–Crippen LogP) is 2.11. The van der Waals surface area contributed by atoms with Crippen LogP contribution < -0.4 is 0 Å². The summed E-state index contributed by atoms with van der Waals surface area (Å²) >= 11 is 1.76. The molecule has 1 heteroatoms. The molecule has 0 rings (SSSR count). The average molecular weight is 102 g/mol. The summed E-state index contributed by atoms with van der Waals surface area (Å²) in [6, 6.07) is 0. The fraction of sp³-hybridized carbons (Fsp3) is 0.800. The van der Waals surface area contributed by atoms with Crippen molar-refractivity contribution in [3.8, 4) is 5.18 Å². The molecule has 0 bridgehead atoms. The van der Waals surface area contributed by atoms with Crippen LogP contribution in [-0.2, 0) is 0 Å². The van der Waals surface area contributed by atoms with E-state index in [0.29, 0.717) is 0 Å². The molecule has 0 aliphatic carbocycles. The molecule has 0 unspecified atom stereocenters. The standard InChI is InChI=1S/C5H10S/c1-3-5-6-4-2/h3,5H2,1-2H3. The summed E-state index contributed by atoms with van der Waals surface area (Å²) in [4.78, 5) is 0. The van der Waals surface area contributed by atoms with Gasteiger partial charge in [0.15, 0.2) is 0 Å². The van der Waals surface area contributed by atoms with Gasteiger partial charge in [0.2, 0.25) is 0 Å². The molecule has 6 heavy (non-hydrogen) atoms. The zero-order valence-corrected chi connectivity index (χ0v) is 5.14. The summed E-state index contributed by atoms with van der Waals surface area (Å²) in [7, 11) is 0. The average Bonchev–Trinajstić information content (AvgIpc) is 1.61. The van der Waals surface area contributed by atoms with Crippen molar-refractivity contribution in [1.82, 2.24) is 0 Å². The van der Waals surface area contributed by atoms with Gasteiger partial charge in [-0.25, -0.2) is 0 Å². The maximum absolute atomic E-state index is 2.99. The van der Waals surface area contributed by atoms with Gasteiger partial charge in [-0.15, -0.1) is 11.2 Å².